The van der Waals surface area contributed by atoms with Crippen molar-refractivity contribution in [3.05, 3.63) is 29.8 Å². The first-order valence-electron chi connectivity index (χ1n) is 5.78. The molecule has 1 aliphatic rings. The van der Waals surface area contributed by atoms with Crippen LogP contribution < -0.4 is 4.90 Å². The summed E-state index contributed by atoms with van der Waals surface area (Å²) in [7, 11) is 0. The molecule has 1 aromatic rings. The summed E-state index contributed by atoms with van der Waals surface area (Å²) in [5.41, 5.74) is 3.18. The molecule has 0 bridgehead atoms. The number of anilines is 1. The van der Waals surface area contributed by atoms with Crippen molar-refractivity contribution in [3.63, 3.8) is 0 Å². The Morgan fingerprint density at radius 1 is 1.07 bits per heavy atom. The molecule has 0 aromatic heterocycles. The molecule has 1 heteroatoms. The number of hydrogen-bond donors (Lipinski definition) is 0. The molecule has 15 heavy (non-hydrogen) atoms. The molecule has 0 amide bonds. The summed E-state index contributed by atoms with van der Waals surface area (Å²) in [5, 5.41) is 0. The van der Waals surface area contributed by atoms with Gasteiger partial charge < -0.3 is 4.90 Å². The summed E-state index contributed by atoms with van der Waals surface area (Å²) in [5.74, 6) is 0.846. The van der Waals surface area contributed by atoms with E-state index < -0.39 is 0 Å². The predicted molar refractivity (Wildman–Crippen MR) is 66.3 cm³/mol. The van der Waals surface area contributed by atoms with Crippen LogP contribution in [0.25, 0.3) is 0 Å². The van der Waals surface area contributed by atoms with Crippen molar-refractivity contribution in [3.8, 4) is 0 Å². The average molecular weight is 203 g/mol. The van der Waals surface area contributed by atoms with E-state index in [0.29, 0.717) is 5.41 Å². The molecule has 0 N–H and O–H groups in total. The van der Waals surface area contributed by atoms with Crippen molar-refractivity contribution >= 4 is 5.69 Å². The topological polar surface area (TPSA) is 3.24 Å². The molecule has 1 aromatic carbocycles. The van der Waals surface area contributed by atoms with E-state index in [4.69, 9.17) is 0 Å². The summed E-state index contributed by atoms with van der Waals surface area (Å²) in [6.45, 7) is 11.6. The van der Waals surface area contributed by atoms with Gasteiger partial charge in [0.15, 0.2) is 0 Å². The molecule has 1 aliphatic heterocycles. The monoisotopic (exact) mass is 203 g/mol. The Hall–Kier alpha value is -0.980. The van der Waals surface area contributed by atoms with Gasteiger partial charge in [0.1, 0.15) is 0 Å². The molecule has 1 saturated heterocycles. The zero-order chi connectivity index (χ0) is 11.1. The molecule has 82 valence electrons. The smallest absolute Gasteiger partial charge is 0.0366 e. The van der Waals surface area contributed by atoms with Crippen LogP contribution in [0.3, 0.4) is 0 Å². The molecule has 0 radical (unpaired) electrons. The van der Waals surface area contributed by atoms with Gasteiger partial charge in [-0.05, 0) is 30.4 Å². The van der Waals surface area contributed by atoms with Crippen LogP contribution in [0.4, 0.5) is 5.69 Å². The molecule has 1 heterocycles. The minimum atomic E-state index is 0.460. The number of hydrogen-bond acceptors (Lipinski definition) is 1. The number of rotatable bonds is 1. The summed E-state index contributed by atoms with van der Waals surface area (Å²) < 4.78 is 0. The Morgan fingerprint density at radius 2 is 1.60 bits per heavy atom. The van der Waals surface area contributed by atoms with E-state index >= 15 is 0 Å². The molecule has 1 nitrogen and oxygen atoms in total. The summed E-state index contributed by atoms with van der Waals surface area (Å²) in [6, 6.07) is 8.85. The Morgan fingerprint density at radius 3 is 2.07 bits per heavy atom. The number of aryl methyl sites for hydroxylation is 1. The highest BCUT2D eigenvalue weighted by Crippen LogP contribution is 2.36. The fourth-order valence-corrected chi connectivity index (χ4v) is 1.99. The average Bonchev–Trinajstić information content (AvgIpc) is 2.03. The summed E-state index contributed by atoms with van der Waals surface area (Å²) in [6.07, 6.45) is 0. The molecule has 0 atom stereocenters. The molecule has 1 fully saturated rings. The quantitative estimate of drug-likeness (QED) is 0.675. The first-order valence-corrected chi connectivity index (χ1v) is 5.78. The lowest BCUT2D eigenvalue weighted by Gasteiger charge is -2.47. The van der Waals surface area contributed by atoms with Crippen molar-refractivity contribution in [1.29, 1.82) is 0 Å². The Kier molecular flexibility index (Phi) is 2.49. The van der Waals surface area contributed by atoms with Crippen molar-refractivity contribution in [2.45, 2.75) is 27.7 Å². The third-order valence-corrected chi connectivity index (χ3v) is 3.51. The first kappa shape index (κ1) is 10.5. The second-order valence-corrected chi connectivity index (χ2v) is 5.80. The highest BCUT2D eigenvalue weighted by Gasteiger charge is 2.35. The van der Waals surface area contributed by atoms with E-state index in [1.165, 1.54) is 24.3 Å². The molecule has 0 unspecified atom stereocenters. The Labute approximate surface area is 93.1 Å². The van der Waals surface area contributed by atoms with Crippen molar-refractivity contribution in [2.24, 2.45) is 11.3 Å². The van der Waals surface area contributed by atoms with Gasteiger partial charge in [0.25, 0.3) is 0 Å². The lowest BCUT2D eigenvalue weighted by atomic mass is 9.76. The van der Waals surface area contributed by atoms with E-state index in [1.54, 1.807) is 0 Å². The van der Waals surface area contributed by atoms with E-state index in [-0.39, 0.29) is 0 Å². The van der Waals surface area contributed by atoms with Gasteiger partial charge in [-0.15, -0.1) is 0 Å². The minimum absolute atomic E-state index is 0.460. The van der Waals surface area contributed by atoms with Crippen LogP contribution in [0.5, 0.6) is 0 Å². The maximum Gasteiger partial charge on any atom is 0.0366 e. The standard InChI is InChI=1S/C14H21N/c1-11-5-7-13(8-6-11)15-9-12(10-15)14(2,3)4/h5-8,12H,9-10H2,1-4H3. The Bertz CT molecular complexity index is 325. The second-order valence-electron chi connectivity index (χ2n) is 5.80. The van der Waals surface area contributed by atoms with Crippen LogP contribution in [0, 0.1) is 18.3 Å². The number of benzene rings is 1. The predicted octanol–water partition coefficient (Wildman–Crippen LogP) is 3.48. The molecule has 0 aliphatic carbocycles. The van der Waals surface area contributed by atoms with Gasteiger partial charge in [0.2, 0.25) is 0 Å². The SMILES string of the molecule is Cc1ccc(N2CC(C(C)(C)C)C2)cc1. The number of nitrogens with zero attached hydrogens (tertiary/aromatic N) is 1. The third kappa shape index (κ3) is 2.17. The van der Waals surface area contributed by atoms with E-state index in [2.05, 4.69) is 56.9 Å². The van der Waals surface area contributed by atoms with Gasteiger partial charge in [-0.25, -0.2) is 0 Å². The first-order chi connectivity index (χ1) is 6.97. The largest absolute Gasteiger partial charge is 0.371 e. The fraction of sp³-hybridized carbons (Fsp3) is 0.571. The van der Waals surface area contributed by atoms with Gasteiger partial charge in [-0.3, -0.25) is 0 Å². The van der Waals surface area contributed by atoms with Gasteiger partial charge >= 0.3 is 0 Å². The van der Waals surface area contributed by atoms with E-state index in [0.717, 1.165) is 5.92 Å². The van der Waals surface area contributed by atoms with Crippen LogP contribution in [-0.2, 0) is 0 Å². The second kappa shape index (κ2) is 3.55. The maximum absolute atomic E-state index is 2.47. The molecular formula is C14H21N. The zero-order valence-electron chi connectivity index (χ0n) is 10.2. The lowest BCUT2D eigenvalue weighted by molar-refractivity contribution is 0.195. The van der Waals surface area contributed by atoms with Gasteiger partial charge in [0, 0.05) is 18.8 Å². The van der Waals surface area contributed by atoms with Crippen LogP contribution in [-0.4, -0.2) is 13.1 Å². The van der Waals surface area contributed by atoms with Crippen LogP contribution >= 0.6 is 0 Å². The molecular weight excluding hydrogens is 182 g/mol. The van der Waals surface area contributed by atoms with Crippen LogP contribution in [0.1, 0.15) is 26.3 Å². The van der Waals surface area contributed by atoms with Gasteiger partial charge in [-0.1, -0.05) is 38.5 Å². The Balaban J connectivity index is 1.98. The highest BCUT2D eigenvalue weighted by molar-refractivity contribution is 5.49. The third-order valence-electron chi connectivity index (χ3n) is 3.51. The van der Waals surface area contributed by atoms with E-state index in [9.17, 15) is 0 Å². The normalized spacial score (nSPS) is 17.7. The van der Waals surface area contributed by atoms with Crippen LogP contribution in [0.2, 0.25) is 0 Å². The van der Waals surface area contributed by atoms with Crippen molar-refractivity contribution in [2.75, 3.05) is 18.0 Å². The minimum Gasteiger partial charge on any atom is -0.371 e. The van der Waals surface area contributed by atoms with E-state index in [1.807, 2.05) is 0 Å². The van der Waals surface area contributed by atoms with Crippen molar-refractivity contribution < 1.29 is 0 Å². The highest BCUT2D eigenvalue weighted by atomic mass is 15.2. The fourth-order valence-electron chi connectivity index (χ4n) is 1.99. The zero-order valence-corrected chi connectivity index (χ0v) is 10.2. The van der Waals surface area contributed by atoms with Crippen LogP contribution in [0.15, 0.2) is 24.3 Å². The lowest BCUT2D eigenvalue weighted by Crippen LogP contribution is -2.52. The van der Waals surface area contributed by atoms with Gasteiger partial charge in [-0.2, -0.15) is 0 Å². The van der Waals surface area contributed by atoms with Gasteiger partial charge in [0.05, 0.1) is 0 Å². The van der Waals surface area contributed by atoms with Crippen molar-refractivity contribution in [1.82, 2.24) is 0 Å². The molecule has 0 spiro atoms. The molecule has 0 saturated carbocycles. The molecule has 2 rings (SSSR count). The maximum atomic E-state index is 2.47. The summed E-state index contributed by atoms with van der Waals surface area (Å²) >= 11 is 0. The summed E-state index contributed by atoms with van der Waals surface area (Å²) in [4.78, 5) is 2.47.